The van der Waals surface area contributed by atoms with E-state index in [1.165, 1.54) is 17.4 Å². The number of amides is 1. The van der Waals surface area contributed by atoms with Gasteiger partial charge < -0.3 is 0 Å². The minimum Gasteiger partial charge on any atom is -0.293 e. The second-order valence-electron chi connectivity index (χ2n) is 4.34. The van der Waals surface area contributed by atoms with E-state index < -0.39 is 40.7 Å². The molecule has 23 heavy (non-hydrogen) atoms. The molecular weight excluding hydrogens is 339 g/mol. The fourth-order valence-electron chi connectivity index (χ4n) is 1.58. The van der Waals surface area contributed by atoms with Crippen molar-refractivity contribution in [3.8, 4) is 0 Å². The zero-order valence-electron chi connectivity index (χ0n) is 11.5. The summed E-state index contributed by atoms with van der Waals surface area (Å²) in [5, 5.41) is 0. The fourth-order valence-corrected chi connectivity index (χ4v) is 2.36. The highest BCUT2D eigenvalue weighted by molar-refractivity contribution is 7.12. The van der Waals surface area contributed by atoms with E-state index in [0.717, 1.165) is 15.8 Å². The van der Waals surface area contributed by atoms with Crippen molar-refractivity contribution >= 4 is 29.0 Å². The van der Waals surface area contributed by atoms with Gasteiger partial charge in [0.15, 0.2) is 23.3 Å². The number of hydrogen-bond acceptors (Lipinski definition) is 3. The number of carbonyl (C=O) groups is 1. The molecule has 0 aliphatic heterocycles. The smallest absolute Gasteiger partial charge is 0.262 e. The van der Waals surface area contributed by atoms with E-state index >= 15 is 0 Å². The lowest BCUT2D eigenvalue weighted by Crippen LogP contribution is -2.29. The fraction of sp³-hybridized carbons (Fsp3) is 0.0714. The largest absolute Gasteiger partial charge is 0.293 e. The number of rotatable bonds is 4. The zero-order chi connectivity index (χ0) is 17.1. The Morgan fingerprint density at radius 3 is 2.09 bits per heavy atom. The number of halogens is 5. The van der Waals surface area contributed by atoms with Crippen LogP contribution < -0.4 is 10.9 Å². The van der Waals surface area contributed by atoms with Gasteiger partial charge in [0, 0.05) is 15.8 Å². The first-order chi connectivity index (χ1) is 10.8. The van der Waals surface area contributed by atoms with Gasteiger partial charge in [-0.2, -0.15) is 0 Å². The third kappa shape index (κ3) is 3.67. The van der Waals surface area contributed by atoms with Crippen LogP contribution in [0.25, 0.3) is 6.08 Å². The van der Waals surface area contributed by atoms with Crippen LogP contribution in [0.5, 0.6) is 0 Å². The highest BCUT2D eigenvalue weighted by Gasteiger charge is 2.25. The second-order valence-corrected chi connectivity index (χ2v) is 5.66. The summed E-state index contributed by atoms with van der Waals surface area (Å²) in [4.78, 5) is 13.3. The molecule has 1 heterocycles. The van der Waals surface area contributed by atoms with Gasteiger partial charge in [0.1, 0.15) is 5.69 Å². The molecule has 0 aliphatic carbocycles. The van der Waals surface area contributed by atoms with Crippen LogP contribution in [0.2, 0.25) is 0 Å². The molecule has 1 amide bonds. The molecule has 3 nitrogen and oxygen atoms in total. The number of anilines is 1. The Labute approximate surface area is 131 Å². The molecule has 0 aliphatic rings. The lowest BCUT2D eigenvalue weighted by atomic mass is 10.2. The molecule has 0 saturated carbocycles. The van der Waals surface area contributed by atoms with Crippen LogP contribution >= 0.6 is 11.3 Å². The monoisotopic (exact) mass is 348 g/mol. The molecule has 9 heteroatoms. The molecular formula is C14H9F5N2OS. The van der Waals surface area contributed by atoms with Crippen LogP contribution in [0.15, 0.2) is 18.2 Å². The number of carbonyl (C=O) groups excluding carboxylic acids is 1. The number of nitrogens with one attached hydrogen (secondary N) is 2. The summed E-state index contributed by atoms with van der Waals surface area (Å²) in [7, 11) is 0. The number of benzene rings is 1. The third-order valence-electron chi connectivity index (χ3n) is 2.68. The number of hydrazine groups is 1. The summed E-state index contributed by atoms with van der Waals surface area (Å²) in [5.41, 5.74) is 2.17. The number of aryl methyl sites for hydroxylation is 1. The quantitative estimate of drug-likeness (QED) is 0.289. The molecule has 0 bridgehead atoms. The van der Waals surface area contributed by atoms with Gasteiger partial charge >= 0.3 is 0 Å². The van der Waals surface area contributed by atoms with Crippen LogP contribution in [-0.4, -0.2) is 5.91 Å². The SMILES string of the molecule is Cc1ccc(/C=C/C(=O)NNc2c(F)c(F)c(F)c(F)c2F)s1. The van der Waals surface area contributed by atoms with Crippen LogP contribution in [0.4, 0.5) is 27.6 Å². The van der Waals surface area contributed by atoms with Gasteiger partial charge in [-0.1, -0.05) is 0 Å². The minimum atomic E-state index is -2.27. The summed E-state index contributed by atoms with van der Waals surface area (Å²) in [6.45, 7) is 1.87. The Bertz CT molecular complexity index is 759. The predicted molar refractivity (Wildman–Crippen MR) is 76.1 cm³/mol. The molecule has 0 unspecified atom stereocenters. The predicted octanol–water partition coefficient (Wildman–Crippen LogP) is 3.91. The van der Waals surface area contributed by atoms with Crippen LogP contribution in [0.3, 0.4) is 0 Å². The van der Waals surface area contributed by atoms with Crippen molar-refractivity contribution in [1.29, 1.82) is 0 Å². The van der Waals surface area contributed by atoms with Crippen molar-refractivity contribution in [3.05, 3.63) is 57.0 Å². The van der Waals surface area contributed by atoms with Crippen LogP contribution in [-0.2, 0) is 4.79 Å². The summed E-state index contributed by atoms with van der Waals surface area (Å²) in [6, 6.07) is 3.58. The Morgan fingerprint density at radius 2 is 1.57 bits per heavy atom. The molecule has 0 saturated heterocycles. The first-order valence-electron chi connectivity index (χ1n) is 6.13. The maximum Gasteiger partial charge on any atom is 0.262 e. The highest BCUT2D eigenvalue weighted by Crippen LogP contribution is 2.26. The second kappa shape index (κ2) is 6.78. The van der Waals surface area contributed by atoms with Crippen LogP contribution in [0.1, 0.15) is 9.75 Å². The van der Waals surface area contributed by atoms with Crippen molar-refractivity contribution in [2.24, 2.45) is 0 Å². The Kier molecular flexibility index (Phi) is 4.99. The van der Waals surface area contributed by atoms with E-state index in [1.807, 2.05) is 18.4 Å². The first kappa shape index (κ1) is 16.9. The van der Waals surface area contributed by atoms with Crippen molar-refractivity contribution in [3.63, 3.8) is 0 Å². The van der Waals surface area contributed by atoms with E-state index in [9.17, 15) is 26.7 Å². The zero-order valence-corrected chi connectivity index (χ0v) is 12.3. The van der Waals surface area contributed by atoms with Gasteiger partial charge in [0.05, 0.1) is 0 Å². The van der Waals surface area contributed by atoms with Crippen LogP contribution in [0, 0.1) is 36.0 Å². The summed E-state index contributed by atoms with van der Waals surface area (Å²) >= 11 is 1.41. The molecule has 0 atom stereocenters. The van der Waals surface area contributed by atoms with Gasteiger partial charge in [0.2, 0.25) is 5.82 Å². The molecule has 2 aromatic rings. The standard InChI is InChI=1S/C14H9F5N2OS/c1-6-2-3-7(23-6)4-5-8(22)20-21-14-12(18)10(16)9(15)11(17)13(14)19/h2-5,21H,1H3,(H,20,22)/b5-4+. The summed E-state index contributed by atoms with van der Waals surface area (Å²) in [5.74, 6) is -11.5. The molecule has 1 aromatic carbocycles. The van der Waals surface area contributed by atoms with Gasteiger partial charge in [-0.25, -0.2) is 22.0 Å². The third-order valence-corrected chi connectivity index (χ3v) is 3.65. The van der Waals surface area contributed by atoms with Crippen molar-refractivity contribution in [2.45, 2.75) is 6.92 Å². The topological polar surface area (TPSA) is 41.1 Å². The lowest BCUT2D eigenvalue weighted by molar-refractivity contribution is -0.116. The maximum absolute atomic E-state index is 13.4. The molecule has 0 radical (unpaired) electrons. The average Bonchev–Trinajstić information content (AvgIpc) is 2.94. The summed E-state index contributed by atoms with van der Waals surface area (Å²) < 4.78 is 65.5. The highest BCUT2D eigenvalue weighted by atomic mass is 32.1. The molecule has 2 rings (SSSR count). The van der Waals surface area contributed by atoms with E-state index in [4.69, 9.17) is 0 Å². The average molecular weight is 348 g/mol. The first-order valence-corrected chi connectivity index (χ1v) is 6.95. The Morgan fingerprint density at radius 1 is 1.00 bits per heavy atom. The van der Waals surface area contributed by atoms with Crippen molar-refractivity contribution < 1.29 is 26.7 Å². The van der Waals surface area contributed by atoms with Gasteiger partial charge in [-0.15, -0.1) is 11.3 Å². The molecule has 2 N–H and O–H groups in total. The Hall–Kier alpha value is -2.42. The normalized spacial score (nSPS) is 11.0. The number of hydrogen-bond donors (Lipinski definition) is 2. The molecule has 0 spiro atoms. The lowest BCUT2D eigenvalue weighted by Gasteiger charge is -2.10. The van der Waals surface area contributed by atoms with Gasteiger partial charge in [0.25, 0.3) is 5.91 Å². The summed E-state index contributed by atoms with van der Waals surface area (Å²) in [6.07, 6.45) is 2.48. The van der Waals surface area contributed by atoms with Gasteiger partial charge in [-0.05, 0) is 25.1 Å². The number of thiophene rings is 1. The molecule has 0 fully saturated rings. The van der Waals surface area contributed by atoms with E-state index in [-0.39, 0.29) is 0 Å². The molecule has 1 aromatic heterocycles. The maximum atomic E-state index is 13.4. The Balaban J connectivity index is 2.09. The van der Waals surface area contributed by atoms with E-state index in [2.05, 4.69) is 0 Å². The van der Waals surface area contributed by atoms with Crippen molar-refractivity contribution in [1.82, 2.24) is 5.43 Å². The van der Waals surface area contributed by atoms with E-state index in [1.54, 1.807) is 11.5 Å². The molecule has 122 valence electrons. The van der Waals surface area contributed by atoms with E-state index in [0.29, 0.717) is 0 Å². The van der Waals surface area contributed by atoms with Gasteiger partial charge in [-0.3, -0.25) is 15.6 Å². The minimum absolute atomic E-state index is 0.758. The van der Waals surface area contributed by atoms with Crippen molar-refractivity contribution in [2.75, 3.05) is 5.43 Å².